The number of hydrogen-bond donors (Lipinski definition) is 1. The van der Waals surface area contributed by atoms with Crippen molar-refractivity contribution < 1.29 is 9.59 Å². The molecule has 0 aliphatic rings. The molecular formula is C14H20N6O2S. The summed E-state index contributed by atoms with van der Waals surface area (Å²) >= 11 is 1.49. The minimum atomic E-state index is -0.325. The molecule has 2 aromatic rings. The van der Waals surface area contributed by atoms with Gasteiger partial charge in [-0.2, -0.15) is 5.10 Å². The second kappa shape index (κ2) is 6.78. The summed E-state index contributed by atoms with van der Waals surface area (Å²) in [7, 11) is 6.66. The van der Waals surface area contributed by atoms with Crippen molar-refractivity contribution in [3.05, 3.63) is 28.5 Å². The molecule has 0 aromatic carbocycles. The van der Waals surface area contributed by atoms with E-state index in [0.29, 0.717) is 5.69 Å². The van der Waals surface area contributed by atoms with E-state index in [-0.39, 0.29) is 23.7 Å². The van der Waals surface area contributed by atoms with Crippen LogP contribution in [-0.4, -0.2) is 57.6 Å². The lowest BCUT2D eigenvalue weighted by atomic mass is 10.3. The first-order chi connectivity index (χ1) is 10.8. The van der Waals surface area contributed by atoms with Gasteiger partial charge in [-0.3, -0.25) is 9.48 Å². The summed E-state index contributed by atoms with van der Waals surface area (Å²) in [5.41, 5.74) is 0.593. The Kier molecular flexibility index (Phi) is 4.99. The quantitative estimate of drug-likeness (QED) is 0.923. The zero-order chi connectivity index (χ0) is 17.1. The Balaban J connectivity index is 2.15. The molecule has 0 fully saturated rings. The third-order valence-electron chi connectivity index (χ3n) is 3.39. The van der Waals surface area contributed by atoms with Crippen LogP contribution in [0, 0.1) is 0 Å². The van der Waals surface area contributed by atoms with Gasteiger partial charge in [0.2, 0.25) is 0 Å². The van der Waals surface area contributed by atoms with Gasteiger partial charge in [0, 0.05) is 46.0 Å². The van der Waals surface area contributed by atoms with E-state index in [9.17, 15) is 9.59 Å². The van der Waals surface area contributed by atoms with Crippen LogP contribution in [-0.2, 0) is 7.05 Å². The third kappa shape index (κ3) is 3.67. The molecule has 1 N–H and O–H groups in total. The van der Waals surface area contributed by atoms with Crippen LogP contribution in [0.1, 0.15) is 28.5 Å². The molecule has 0 aliphatic carbocycles. The Morgan fingerprint density at radius 1 is 1.35 bits per heavy atom. The van der Waals surface area contributed by atoms with Crippen molar-refractivity contribution in [3.63, 3.8) is 0 Å². The molecule has 0 spiro atoms. The molecule has 124 valence electrons. The molecule has 2 heterocycles. The largest absolute Gasteiger partial charge is 0.343 e. The lowest BCUT2D eigenvalue weighted by molar-refractivity contribution is 0.0822. The van der Waals surface area contributed by atoms with E-state index >= 15 is 0 Å². The fourth-order valence-electron chi connectivity index (χ4n) is 1.94. The van der Waals surface area contributed by atoms with Gasteiger partial charge in [-0.25, -0.2) is 9.78 Å². The zero-order valence-corrected chi connectivity index (χ0v) is 14.6. The predicted molar refractivity (Wildman–Crippen MR) is 88.5 cm³/mol. The number of carbonyl (C=O) groups excluding carboxylic acids is 2. The molecule has 0 bridgehead atoms. The van der Waals surface area contributed by atoms with Crippen molar-refractivity contribution in [1.29, 1.82) is 0 Å². The number of amides is 3. The summed E-state index contributed by atoms with van der Waals surface area (Å²) in [6, 6.07) is -0.492. The zero-order valence-electron chi connectivity index (χ0n) is 13.8. The first kappa shape index (κ1) is 16.9. The Bertz CT molecular complexity index is 694. The van der Waals surface area contributed by atoms with Crippen LogP contribution in [0.15, 0.2) is 17.8 Å². The molecule has 2 rings (SSSR count). The molecular weight excluding hydrogens is 316 g/mol. The average molecular weight is 336 g/mol. The maximum absolute atomic E-state index is 12.4. The molecule has 0 saturated carbocycles. The highest BCUT2D eigenvalue weighted by atomic mass is 32.1. The Hall–Kier alpha value is -2.42. The number of nitrogens with zero attached hydrogens (tertiary/aromatic N) is 5. The van der Waals surface area contributed by atoms with Crippen LogP contribution >= 0.6 is 11.3 Å². The highest BCUT2D eigenvalue weighted by Gasteiger charge is 2.23. The molecule has 0 saturated heterocycles. The number of urea groups is 1. The highest BCUT2D eigenvalue weighted by Crippen LogP contribution is 2.22. The molecule has 1 atom stereocenters. The molecule has 3 amide bonds. The van der Waals surface area contributed by atoms with E-state index in [1.807, 2.05) is 12.3 Å². The van der Waals surface area contributed by atoms with Crippen LogP contribution in [0.4, 0.5) is 10.5 Å². The number of hydrogen-bond acceptors (Lipinski definition) is 5. The fourth-order valence-corrected chi connectivity index (χ4v) is 2.67. The summed E-state index contributed by atoms with van der Waals surface area (Å²) < 4.78 is 1.50. The average Bonchev–Trinajstić information content (AvgIpc) is 3.14. The first-order valence-corrected chi connectivity index (χ1v) is 7.87. The van der Waals surface area contributed by atoms with Gasteiger partial charge in [0.15, 0.2) is 5.69 Å². The monoisotopic (exact) mass is 336 g/mol. The van der Waals surface area contributed by atoms with Crippen LogP contribution in [0.3, 0.4) is 0 Å². The maximum atomic E-state index is 12.4. The summed E-state index contributed by atoms with van der Waals surface area (Å²) in [5, 5.41) is 9.58. The van der Waals surface area contributed by atoms with Gasteiger partial charge in [-0.15, -0.1) is 11.3 Å². The van der Waals surface area contributed by atoms with Crippen molar-refractivity contribution in [3.8, 4) is 0 Å². The van der Waals surface area contributed by atoms with Crippen LogP contribution in [0.25, 0.3) is 0 Å². The second-order valence-corrected chi connectivity index (χ2v) is 6.28. The van der Waals surface area contributed by atoms with E-state index in [1.54, 1.807) is 40.6 Å². The van der Waals surface area contributed by atoms with Gasteiger partial charge in [0.25, 0.3) is 5.91 Å². The number of thiazole rings is 1. The van der Waals surface area contributed by atoms with Crippen LogP contribution in [0.5, 0.6) is 0 Å². The standard InChI is InChI=1S/C14H20N6O2S/c1-9(12-15-6-7-23-12)20(5)14(22)16-10-8-19(4)17-11(10)13(21)18(2)3/h6-9H,1-5H3,(H,16,22). The lowest BCUT2D eigenvalue weighted by Crippen LogP contribution is -2.34. The molecule has 2 aromatic heterocycles. The van der Waals surface area contributed by atoms with Gasteiger partial charge in [0.05, 0.1) is 11.7 Å². The number of carbonyl (C=O) groups is 2. The molecule has 9 heteroatoms. The van der Waals surface area contributed by atoms with Gasteiger partial charge in [-0.05, 0) is 6.92 Å². The molecule has 1 unspecified atom stereocenters. The van der Waals surface area contributed by atoms with Crippen LogP contribution < -0.4 is 5.32 Å². The lowest BCUT2D eigenvalue weighted by Gasteiger charge is -2.23. The van der Waals surface area contributed by atoms with E-state index in [2.05, 4.69) is 15.4 Å². The van der Waals surface area contributed by atoms with Gasteiger partial charge < -0.3 is 15.1 Å². The van der Waals surface area contributed by atoms with E-state index in [1.165, 1.54) is 25.8 Å². The molecule has 0 aliphatic heterocycles. The van der Waals surface area contributed by atoms with E-state index in [4.69, 9.17) is 0 Å². The van der Waals surface area contributed by atoms with Gasteiger partial charge in [0.1, 0.15) is 5.01 Å². The normalized spacial score (nSPS) is 11.9. The number of aromatic nitrogens is 3. The van der Waals surface area contributed by atoms with Gasteiger partial charge >= 0.3 is 6.03 Å². The fraction of sp³-hybridized carbons (Fsp3) is 0.429. The number of nitrogens with one attached hydrogen (secondary N) is 1. The molecule has 23 heavy (non-hydrogen) atoms. The highest BCUT2D eigenvalue weighted by molar-refractivity contribution is 7.09. The summed E-state index contributed by atoms with van der Waals surface area (Å²) in [6.07, 6.45) is 3.31. The number of anilines is 1. The Labute approximate surface area is 138 Å². The number of aryl methyl sites for hydroxylation is 1. The minimum absolute atomic E-state index is 0.167. The van der Waals surface area contributed by atoms with Crippen molar-refractivity contribution >= 4 is 29.0 Å². The molecule has 0 radical (unpaired) electrons. The second-order valence-electron chi connectivity index (χ2n) is 5.35. The SMILES string of the molecule is CC(c1nccs1)N(C)C(=O)Nc1cn(C)nc1C(=O)N(C)C. The Morgan fingerprint density at radius 3 is 2.61 bits per heavy atom. The summed E-state index contributed by atoms with van der Waals surface area (Å²) in [6.45, 7) is 1.90. The van der Waals surface area contributed by atoms with Gasteiger partial charge in [-0.1, -0.05) is 0 Å². The topological polar surface area (TPSA) is 83.4 Å². The van der Waals surface area contributed by atoms with Crippen molar-refractivity contribution in [2.24, 2.45) is 7.05 Å². The van der Waals surface area contributed by atoms with Crippen molar-refractivity contribution in [2.75, 3.05) is 26.5 Å². The van der Waals surface area contributed by atoms with Crippen molar-refractivity contribution in [2.45, 2.75) is 13.0 Å². The third-order valence-corrected chi connectivity index (χ3v) is 4.34. The molecule has 8 nitrogen and oxygen atoms in total. The van der Waals surface area contributed by atoms with E-state index in [0.717, 1.165) is 5.01 Å². The Morgan fingerprint density at radius 2 is 2.04 bits per heavy atom. The summed E-state index contributed by atoms with van der Waals surface area (Å²) in [4.78, 5) is 31.7. The smallest absolute Gasteiger partial charge is 0.322 e. The maximum Gasteiger partial charge on any atom is 0.322 e. The van der Waals surface area contributed by atoms with Crippen molar-refractivity contribution in [1.82, 2.24) is 24.6 Å². The predicted octanol–water partition coefficient (Wildman–Crippen LogP) is 1.80. The first-order valence-electron chi connectivity index (χ1n) is 6.99. The number of rotatable bonds is 4. The van der Waals surface area contributed by atoms with E-state index < -0.39 is 0 Å². The summed E-state index contributed by atoms with van der Waals surface area (Å²) in [5.74, 6) is -0.267. The van der Waals surface area contributed by atoms with Crippen LogP contribution in [0.2, 0.25) is 0 Å². The minimum Gasteiger partial charge on any atom is -0.343 e.